The lowest BCUT2D eigenvalue weighted by molar-refractivity contribution is -0.138. The summed E-state index contributed by atoms with van der Waals surface area (Å²) in [4.78, 5) is 15.0. The van der Waals surface area contributed by atoms with Crippen LogP contribution in [0.5, 0.6) is 11.5 Å². The molecular weight excluding hydrogens is 302 g/mol. The highest BCUT2D eigenvalue weighted by Gasteiger charge is 2.37. The molecule has 0 bridgehead atoms. The first kappa shape index (κ1) is 15.1. The van der Waals surface area contributed by atoms with Gasteiger partial charge in [0.1, 0.15) is 11.5 Å². The fourth-order valence-corrected chi connectivity index (χ4v) is 3.71. The van der Waals surface area contributed by atoms with Crippen molar-refractivity contribution >= 4 is 5.91 Å². The number of para-hydroxylation sites is 1. The predicted octanol–water partition coefficient (Wildman–Crippen LogP) is 3.36. The van der Waals surface area contributed by atoms with Crippen LogP contribution in [0, 0.1) is 0 Å². The van der Waals surface area contributed by atoms with Gasteiger partial charge in [0, 0.05) is 13.0 Å². The highest BCUT2D eigenvalue weighted by atomic mass is 16.5. The van der Waals surface area contributed by atoms with E-state index in [2.05, 4.69) is 12.1 Å². The van der Waals surface area contributed by atoms with E-state index in [4.69, 9.17) is 9.47 Å². The first-order chi connectivity index (χ1) is 11.8. The molecule has 1 saturated heterocycles. The molecule has 2 aliphatic heterocycles. The van der Waals surface area contributed by atoms with Crippen molar-refractivity contribution in [1.82, 2.24) is 4.90 Å². The summed E-state index contributed by atoms with van der Waals surface area (Å²) in [5.74, 6) is 1.78. The maximum absolute atomic E-state index is 13.0. The van der Waals surface area contributed by atoms with Crippen LogP contribution in [-0.4, -0.2) is 30.6 Å². The molecule has 4 heteroatoms. The lowest BCUT2D eigenvalue weighted by atomic mass is 10.0. The van der Waals surface area contributed by atoms with Gasteiger partial charge < -0.3 is 14.4 Å². The smallest absolute Gasteiger partial charge is 0.264 e. The zero-order valence-corrected chi connectivity index (χ0v) is 13.8. The average Bonchev–Trinajstić information content (AvgIpc) is 3.28. The summed E-state index contributed by atoms with van der Waals surface area (Å²) in [6.07, 6.45) is 2.31. The van der Waals surface area contributed by atoms with Gasteiger partial charge >= 0.3 is 0 Å². The van der Waals surface area contributed by atoms with Crippen molar-refractivity contribution in [3.8, 4) is 11.5 Å². The summed E-state index contributed by atoms with van der Waals surface area (Å²) in [6, 6.07) is 16.1. The van der Waals surface area contributed by atoms with Crippen LogP contribution in [-0.2, 0) is 11.2 Å². The number of ether oxygens (including phenoxy) is 2. The molecule has 1 amide bonds. The summed E-state index contributed by atoms with van der Waals surface area (Å²) >= 11 is 0. The zero-order valence-electron chi connectivity index (χ0n) is 13.8. The minimum absolute atomic E-state index is 0.101. The minimum Gasteiger partial charge on any atom is -0.497 e. The molecule has 0 saturated carbocycles. The first-order valence-electron chi connectivity index (χ1n) is 8.45. The SMILES string of the molecule is COc1ccc([C@H]2CCCN2C(=O)[C@@H]2Cc3ccccc3O2)cc1. The van der Waals surface area contributed by atoms with Crippen molar-refractivity contribution in [3.05, 3.63) is 59.7 Å². The van der Waals surface area contributed by atoms with Crippen LogP contribution in [0.4, 0.5) is 0 Å². The number of nitrogens with zero attached hydrogens (tertiary/aromatic N) is 1. The van der Waals surface area contributed by atoms with Gasteiger partial charge in [-0.05, 0) is 42.2 Å². The van der Waals surface area contributed by atoms with Gasteiger partial charge in [0.05, 0.1) is 13.2 Å². The molecule has 2 heterocycles. The fraction of sp³-hybridized carbons (Fsp3) is 0.350. The second-order valence-corrected chi connectivity index (χ2v) is 6.38. The molecule has 4 rings (SSSR count). The van der Waals surface area contributed by atoms with Crippen molar-refractivity contribution in [2.24, 2.45) is 0 Å². The number of likely N-dealkylation sites (tertiary alicyclic amines) is 1. The topological polar surface area (TPSA) is 38.8 Å². The van der Waals surface area contributed by atoms with Gasteiger partial charge in [0.2, 0.25) is 0 Å². The number of carbonyl (C=O) groups is 1. The number of carbonyl (C=O) groups excluding carboxylic acids is 1. The van der Waals surface area contributed by atoms with E-state index < -0.39 is 0 Å². The van der Waals surface area contributed by atoms with Crippen molar-refractivity contribution in [3.63, 3.8) is 0 Å². The molecule has 4 nitrogen and oxygen atoms in total. The van der Waals surface area contributed by atoms with E-state index in [1.54, 1.807) is 7.11 Å². The summed E-state index contributed by atoms with van der Waals surface area (Å²) < 4.78 is 11.1. The Balaban J connectivity index is 1.51. The van der Waals surface area contributed by atoms with Crippen molar-refractivity contribution in [2.75, 3.05) is 13.7 Å². The molecule has 0 N–H and O–H groups in total. The third kappa shape index (κ3) is 2.62. The largest absolute Gasteiger partial charge is 0.497 e. The monoisotopic (exact) mass is 323 g/mol. The first-order valence-corrected chi connectivity index (χ1v) is 8.45. The number of amides is 1. The highest BCUT2D eigenvalue weighted by Crippen LogP contribution is 2.36. The molecule has 1 fully saturated rings. The van der Waals surface area contributed by atoms with Gasteiger partial charge in [-0.2, -0.15) is 0 Å². The zero-order chi connectivity index (χ0) is 16.5. The van der Waals surface area contributed by atoms with E-state index in [9.17, 15) is 4.79 Å². The van der Waals surface area contributed by atoms with E-state index in [0.717, 1.165) is 42.0 Å². The number of rotatable bonds is 3. The summed E-state index contributed by atoms with van der Waals surface area (Å²) in [5.41, 5.74) is 2.29. The standard InChI is InChI=1S/C20H21NO3/c1-23-16-10-8-14(9-11-16)17-6-4-12-21(17)20(22)19-13-15-5-2-3-7-18(15)24-19/h2-3,5,7-11,17,19H,4,6,12-13H2,1H3/t17-,19+/m1/s1. The van der Waals surface area contributed by atoms with Gasteiger partial charge in [0.25, 0.3) is 5.91 Å². The maximum Gasteiger partial charge on any atom is 0.264 e. The molecule has 0 aliphatic carbocycles. The highest BCUT2D eigenvalue weighted by molar-refractivity contribution is 5.83. The maximum atomic E-state index is 13.0. The van der Waals surface area contributed by atoms with Gasteiger partial charge in [-0.15, -0.1) is 0 Å². The van der Waals surface area contributed by atoms with Crippen LogP contribution in [0.15, 0.2) is 48.5 Å². The lowest BCUT2D eigenvalue weighted by Crippen LogP contribution is -2.40. The van der Waals surface area contributed by atoms with Gasteiger partial charge in [-0.3, -0.25) is 4.79 Å². The van der Waals surface area contributed by atoms with Crippen molar-refractivity contribution < 1.29 is 14.3 Å². The summed E-state index contributed by atoms with van der Waals surface area (Å²) in [7, 11) is 1.66. The van der Waals surface area contributed by atoms with E-state index in [-0.39, 0.29) is 18.1 Å². The third-order valence-corrected chi connectivity index (χ3v) is 4.96. The number of hydrogen-bond donors (Lipinski definition) is 0. The van der Waals surface area contributed by atoms with Gasteiger partial charge in [0.15, 0.2) is 6.10 Å². The minimum atomic E-state index is -0.388. The Morgan fingerprint density at radius 1 is 1.17 bits per heavy atom. The molecule has 24 heavy (non-hydrogen) atoms. The van der Waals surface area contributed by atoms with Gasteiger partial charge in [-0.25, -0.2) is 0 Å². The van der Waals surface area contributed by atoms with Crippen molar-refractivity contribution in [2.45, 2.75) is 31.4 Å². The second kappa shape index (κ2) is 6.19. The Labute approximate surface area is 142 Å². The lowest BCUT2D eigenvalue weighted by Gasteiger charge is -2.27. The molecule has 0 unspecified atom stereocenters. The molecule has 0 aromatic heterocycles. The Bertz CT molecular complexity index is 716. The Morgan fingerprint density at radius 2 is 1.96 bits per heavy atom. The Kier molecular flexibility index (Phi) is 3.89. The molecule has 0 radical (unpaired) electrons. The summed E-state index contributed by atoms with van der Waals surface area (Å²) in [6.45, 7) is 0.797. The fourth-order valence-electron chi connectivity index (χ4n) is 3.71. The van der Waals surface area contributed by atoms with Crippen LogP contribution in [0.2, 0.25) is 0 Å². The van der Waals surface area contributed by atoms with Gasteiger partial charge in [-0.1, -0.05) is 30.3 Å². The van der Waals surface area contributed by atoms with Crippen LogP contribution in [0.25, 0.3) is 0 Å². The third-order valence-electron chi connectivity index (χ3n) is 4.96. The average molecular weight is 323 g/mol. The van der Waals surface area contributed by atoms with E-state index in [1.165, 1.54) is 0 Å². The molecule has 2 aliphatic rings. The Hall–Kier alpha value is -2.49. The molecule has 2 aromatic rings. The van der Waals surface area contributed by atoms with E-state index >= 15 is 0 Å². The number of methoxy groups -OCH3 is 1. The number of hydrogen-bond acceptors (Lipinski definition) is 3. The molecule has 124 valence electrons. The van der Waals surface area contributed by atoms with E-state index in [1.807, 2.05) is 41.3 Å². The normalized spacial score (nSPS) is 22.1. The Morgan fingerprint density at radius 3 is 2.71 bits per heavy atom. The molecule has 2 aromatic carbocycles. The van der Waals surface area contributed by atoms with Crippen molar-refractivity contribution in [1.29, 1.82) is 0 Å². The van der Waals surface area contributed by atoms with Crippen LogP contribution < -0.4 is 9.47 Å². The van der Waals surface area contributed by atoms with E-state index in [0.29, 0.717) is 6.42 Å². The number of fused-ring (bicyclic) bond motifs is 1. The molecule has 2 atom stereocenters. The molecular formula is C20H21NO3. The summed E-state index contributed by atoms with van der Waals surface area (Å²) in [5, 5.41) is 0. The van der Waals surface area contributed by atoms with Crippen LogP contribution in [0.1, 0.15) is 30.0 Å². The second-order valence-electron chi connectivity index (χ2n) is 6.38. The number of benzene rings is 2. The van der Waals surface area contributed by atoms with Crippen LogP contribution >= 0.6 is 0 Å². The predicted molar refractivity (Wildman–Crippen MR) is 91.2 cm³/mol. The molecule has 0 spiro atoms. The quantitative estimate of drug-likeness (QED) is 0.869. The van der Waals surface area contributed by atoms with Crippen LogP contribution in [0.3, 0.4) is 0 Å².